The summed E-state index contributed by atoms with van der Waals surface area (Å²) in [5.41, 5.74) is 4.86. The van der Waals surface area contributed by atoms with Gasteiger partial charge in [-0.3, -0.25) is 0 Å². The van der Waals surface area contributed by atoms with Crippen molar-refractivity contribution in [2.75, 3.05) is 4.31 Å². The summed E-state index contributed by atoms with van der Waals surface area (Å²) in [5, 5.41) is 0. The highest BCUT2D eigenvalue weighted by Gasteiger charge is 2.30. The number of unbranched alkanes of at least 4 members (excludes halogenated alkanes) is 1. The predicted octanol–water partition coefficient (Wildman–Crippen LogP) is 5.41. The minimum atomic E-state index is -4.41. The zero-order valence-corrected chi connectivity index (χ0v) is 16.0. The minimum absolute atomic E-state index is 0.262. The zero-order valence-electron chi connectivity index (χ0n) is 15.1. The molecule has 2 N–H and O–H groups in total. The Balaban J connectivity index is 2.13. The van der Waals surface area contributed by atoms with Gasteiger partial charge in [0.25, 0.3) is 0 Å². The lowest BCUT2D eigenvalue weighted by Crippen LogP contribution is -2.27. The molecular weight excluding hydrogens is 393 g/mol. The van der Waals surface area contributed by atoms with E-state index in [-0.39, 0.29) is 5.75 Å². The molecule has 5 nitrogen and oxygen atoms in total. The highest BCUT2D eigenvalue weighted by Crippen LogP contribution is 2.31. The molecule has 0 saturated heterocycles. The first-order valence-electron chi connectivity index (χ1n) is 8.59. The number of thiol groups is 1. The van der Waals surface area contributed by atoms with Gasteiger partial charge < -0.3 is 15.2 Å². The number of rotatable bonds is 8. The number of ether oxygens (including phenoxy) is 2. The Morgan fingerprint density at radius 3 is 2.36 bits per heavy atom. The Labute approximate surface area is 166 Å². The maximum atomic E-state index is 12.7. The Bertz CT molecular complexity index is 785. The van der Waals surface area contributed by atoms with Crippen LogP contribution < -0.4 is 19.5 Å². The molecule has 0 bridgehead atoms. The Kier molecular flexibility index (Phi) is 7.45. The van der Waals surface area contributed by atoms with E-state index in [2.05, 4.69) is 12.8 Å². The van der Waals surface area contributed by atoms with Gasteiger partial charge in [-0.1, -0.05) is 32.2 Å². The van der Waals surface area contributed by atoms with Gasteiger partial charge in [-0.15, -0.1) is 0 Å². The number of hydrogen-bond donors (Lipinski definition) is 2. The van der Waals surface area contributed by atoms with Crippen molar-refractivity contribution in [1.29, 1.82) is 0 Å². The number of urea groups is 1. The van der Waals surface area contributed by atoms with Gasteiger partial charge in [0.2, 0.25) is 6.29 Å². The molecular formula is C19H21F3N2O3S. The second-order valence-corrected chi connectivity index (χ2v) is 6.38. The average molecular weight is 414 g/mol. The van der Waals surface area contributed by atoms with Crippen molar-refractivity contribution in [1.82, 2.24) is 0 Å². The SMILES string of the molecule is CCCCC(Oc1ccc(C(F)(F)F)cc1)Oc1cccc(N(S)C(N)=O)c1. The number of primary amides is 1. The lowest BCUT2D eigenvalue weighted by Gasteiger charge is -2.22. The molecule has 0 aliphatic rings. The number of amides is 2. The van der Waals surface area contributed by atoms with Gasteiger partial charge in [0.15, 0.2) is 0 Å². The normalized spacial score (nSPS) is 12.3. The molecule has 0 heterocycles. The Hall–Kier alpha value is -2.55. The first-order valence-corrected chi connectivity index (χ1v) is 8.99. The van der Waals surface area contributed by atoms with Gasteiger partial charge in [0, 0.05) is 12.5 Å². The number of benzene rings is 2. The Morgan fingerprint density at radius 1 is 1.14 bits per heavy atom. The van der Waals surface area contributed by atoms with Crippen LogP contribution in [-0.2, 0) is 6.18 Å². The summed E-state index contributed by atoms with van der Waals surface area (Å²) in [5.74, 6) is 0.670. The van der Waals surface area contributed by atoms with Crippen molar-refractivity contribution in [3.63, 3.8) is 0 Å². The van der Waals surface area contributed by atoms with Crippen LogP contribution in [0.1, 0.15) is 31.7 Å². The Morgan fingerprint density at radius 2 is 1.79 bits per heavy atom. The first kappa shape index (κ1) is 21.7. The van der Waals surface area contributed by atoms with Crippen molar-refractivity contribution >= 4 is 24.5 Å². The van der Waals surface area contributed by atoms with Crippen molar-refractivity contribution < 1.29 is 27.4 Å². The number of nitrogens with two attached hydrogens (primary N) is 1. The summed E-state index contributed by atoms with van der Waals surface area (Å²) in [4.78, 5) is 11.2. The van der Waals surface area contributed by atoms with E-state index in [1.165, 1.54) is 12.1 Å². The van der Waals surface area contributed by atoms with Crippen molar-refractivity contribution in [2.24, 2.45) is 5.73 Å². The molecule has 2 amide bonds. The van der Waals surface area contributed by atoms with Crippen LogP contribution in [0.4, 0.5) is 23.7 Å². The maximum absolute atomic E-state index is 12.7. The van der Waals surface area contributed by atoms with Crippen LogP contribution in [0.2, 0.25) is 0 Å². The van der Waals surface area contributed by atoms with Gasteiger partial charge in [-0.2, -0.15) is 13.2 Å². The topological polar surface area (TPSA) is 64.8 Å². The van der Waals surface area contributed by atoms with Crippen LogP contribution in [0.15, 0.2) is 48.5 Å². The van der Waals surface area contributed by atoms with E-state index in [0.29, 0.717) is 17.9 Å². The molecule has 2 rings (SSSR count). The van der Waals surface area contributed by atoms with Gasteiger partial charge in [-0.05, 0) is 42.8 Å². The highest BCUT2D eigenvalue weighted by atomic mass is 32.1. The average Bonchev–Trinajstić information content (AvgIpc) is 2.65. The molecule has 2 aromatic rings. The summed E-state index contributed by atoms with van der Waals surface area (Å²) >= 11 is 4.00. The fourth-order valence-corrected chi connectivity index (χ4v) is 2.48. The molecule has 0 fully saturated rings. The molecule has 0 spiro atoms. The van der Waals surface area contributed by atoms with E-state index in [4.69, 9.17) is 15.2 Å². The number of carbonyl (C=O) groups excluding carboxylic acids is 1. The van der Waals surface area contributed by atoms with E-state index in [0.717, 1.165) is 29.3 Å². The largest absolute Gasteiger partial charge is 0.455 e. The fraction of sp³-hybridized carbons (Fsp3) is 0.316. The third kappa shape index (κ3) is 6.26. The highest BCUT2D eigenvalue weighted by molar-refractivity contribution is 7.82. The summed E-state index contributed by atoms with van der Waals surface area (Å²) in [6.45, 7) is 2.00. The third-order valence-corrected chi connectivity index (χ3v) is 4.21. The van der Waals surface area contributed by atoms with Crippen LogP contribution in [0.25, 0.3) is 0 Å². The molecule has 0 aliphatic heterocycles. The molecule has 28 heavy (non-hydrogen) atoms. The van der Waals surface area contributed by atoms with Crippen molar-refractivity contribution in [2.45, 2.75) is 38.7 Å². The smallest absolute Gasteiger partial charge is 0.416 e. The molecule has 1 unspecified atom stereocenters. The molecule has 152 valence electrons. The quantitative estimate of drug-likeness (QED) is 0.448. The predicted molar refractivity (Wildman–Crippen MR) is 104 cm³/mol. The standard InChI is InChI=1S/C19H21F3N2O3S/c1-2-3-7-17(26-15-10-8-13(9-11-15)19(20,21)22)27-16-6-4-5-14(12-16)24(28)18(23)25/h4-6,8-12,17,28H,2-3,7H2,1H3,(H2,23,25). The van der Waals surface area contributed by atoms with Crippen LogP contribution in [0, 0.1) is 0 Å². The minimum Gasteiger partial charge on any atom is -0.455 e. The van der Waals surface area contributed by atoms with Gasteiger partial charge in [-0.25, -0.2) is 9.10 Å². The summed E-state index contributed by atoms with van der Waals surface area (Å²) in [6.07, 6.45) is -2.90. The van der Waals surface area contributed by atoms with Crippen LogP contribution in [0.5, 0.6) is 11.5 Å². The van der Waals surface area contributed by atoms with E-state index in [9.17, 15) is 18.0 Å². The first-order chi connectivity index (χ1) is 13.2. The second kappa shape index (κ2) is 9.59. The molecule has 0 aromatic heterocycles. The number of hydrogen-bond acceptors (Lipinski definition) is 4. The maximum Gasteiger partial charge on any atom is 0.416 e. The van der Waals surface area contributed by atoms with Crippen LogP contribution in [0.3, 0.4) is 0 Å². The summed E-state index contributed by atoms with van der Waals surface area (Å²) < 4.78 is 50.6. The summed E-state index contributed by atoms with van der Waals surface area (Å²) in [7, 11) is 0. The third-order valence-electron chi connectivity index (χ3n) is 3.78. The molecule has 0 saturated carbocycles. The van der Waals surface area contributed by atoms with Gasteiger partial charge in [0.05, 0.1) is 11.3 Å². The summed E-state index contributed by atoms with van der Waals surface area (Å²) in [6, 6.07) is 10.2. The number of nitrogens with zero attached hydrogens (tertiary/aromatic N) is 1. The number of alkyl halides is 3. The second-order valence-electron chi connectivity index (χ2n) is 5.98. The van der Waals surface area contributed by atoms with E-state index < -0.39 is 24.1 Å². The van der Waals surface area contributed by atoms with Gasteiger partial charge in [0.1, 0.15) is 11.5 Å². The van der Waals surface area contributed by atoms with Crippen molar-refractivity contribution in [3.05, 3.63) is 54.1 Å². The molecule has 2 aromatic carbocycles. The number of halogens is 3. The lowest BCUT2D eigenvalue weighted by molar-refractivity contribution is -0.137. The molecule has 9 heteroatoms. The molecule has 0 radical (unpaired) electrons. The van der Waals surface area contributed by atoms with E-state index in [1.54, 1.807) is 24.3 Å². The van der Waals surface area contributed by atoms with E-state index >= 15 is 0 Å². The van der Waals surface area contributed by atoms with Crippen LogP contribution in [-0.4, -0.2) is 12.3 Å². The molecule has 1 atom stereocenters. The number of carbonyl (C=O) groups is 1. The van der Waals surface area contributed by atoms with E-state index in [1.807, 2.05) is 6.92 Å². The van der Waals surface area contributed by atoms with Gasteiger partial charge >= 0.3 is 12.2 Å². The van der Waals surface area contributed by atoms with Crippen molar-refractivity contribution in [3.8, 4) is 11.5 Å². The zero-order chi connectivity index (χ0) is 20.7. The monoisotopic (exact) mass is 414 g/mol. The lowest BCUT2D eigenvalue weighted by atomic mass is 10.2. The number of anilines is 1. The fourth-order valence-electron chi connectivity index (χ4n) is 2.35. The molecule has 0 aliphatic carbocycles. The van der Waals surface area contributed by atoms with Crippen LogP contribution >= 0.6 is 12.8 Å².